The van der Waals surface area contributed by atoms with E-state index >= 15 is 0 Å². The van der Waals surface area contributed by atoms with Gasteiger partial charge in [0.15, 0.2) is 0 Å². The molecule has 0 unspecified atom stereocenters. The number of allylic oxidation sites excluding steroid dienone is 1. The molecular weight excluding hydrogens is 452 g/mol. The molecule has 1 saturated heterocycles. The fourth-order valence-corrected chi connectivity index (χ4v) is 3.28. The molecule has 2 rings (SSSR count). The summed E-state index contributed by atoms with van der Waals surface area (Å²) < 4.78 is 0. The van der Waals surface area contributed by atoms with Crippen LogP contribution in [0.2, 0.25) is 0 Å². The first-order chi connectivity index (χ1) is 10.6. The molecule has 0 aromatic heterocycles. The zero-order valence-electron chi connectivity index (χ0n) is 14.7. The molecule has 165 valence electrons. The molecule has 2 heterocycles. The third-order valence-corrected chi connectivity index (χ3v) is 5.12. The van der Waals surface area contributed by atoms with Crippen LogP contribution >= 0.6 is 23.5 Å². The Bertz CT molecular complexity index is 435. The molecule has 0 bridgehead atoms. The van der Waals surface area contributed by atoms with Gasteiger partial charge in [-0.3, -0.25) is 0 Å². The number of piperidine rings is 1. The van der Waals surface area contributed by atoms with E-state index in [-0.39, 0.29) is 50.5 Å². The fraction of sp³-hybridized carbons (Fsp3) is 0.571. The Kier molecular flexibility index (Phi) is 31.9. The van der Waals surface area contributed by atoms with Crippen molar-refractivity contribution in [2.45, 2.75) is 18.1 Å². The normalized spacial score (nSPS) is 14.4. The van der Waals surface area contributed by atoms with Gasteiger partial charge < -0.3 is 52.3 Å². The Morgan fingerprint density at radius 1 is 1.04 bits per heavy atom. The fourth-order valence-electron chi connectivity index (χ4n) is 1.73. The molecular formula is C14H30CuN2O8S2+2. The van der Waals surface area contributed by atoms with Crippen molar-refractivity contribution in [3.8, 4) is 0 Å². The number of aliphatic carboxylic acids is 2. The van der Waals surface area contributed by atoms with Gasteiger partial charge in [0.1, 0.15) is 0 Å². The summed E-state index contributed by atoms with van der Waals surface area (Å²) in [6.07, 6.45) is 7.40. The van der Waals surface area contributed by atoms with E-state index < -0.39 is 11.9 Å². The van der Waals surface area contributed by atoms with Gasteiger partial charge in [-0.15, -0.1) is 31.4 Å². The minimum absolute atomic E-state index is 0. The maximum Gasteiger partial charge on any atom is 2.00 e. The van der Waals surface area contributed by atoms with Gasteiger partial charge in [0, 0.05) is 21.7 Å². The van der Waals surface area contributed by atoms with Crippen molar-refractivity contribution in [1.29, 1.82) is 0 Å². The zero-order valence-corrected chi connectivity index (χ0v) is 17.3. The number of hydrogen-bond acceptors (Lipinski definition) is 6. The molecule has 0 aliphatic carbocycles. The van der Waals surface area contributed by atoms with Gasteiger partial charge in [-0.05, 0) is 0 Å². The molecule has 13 heteroatoms. The second kappa shape index (κ2) is 23.3. The molecule has 27 heavy (non-hydrogen) atoms. The minimum atomic E-state index is -1.04. The Morgan fingerprint density at radius 3 is 2.04 bits per heavy atom. The summed E-state index contributed by atoms with van der Waals surface area (Å²) in [4.78, 5) is 21.1. The first kappa shape index (κ1) is 37.1. The van der Waals surface area contributed by atoms with Gasteiger partial charge in [-0.1, -0.05) is 25.0 Å². The van der Waals surface area contributed by atoms with E-state index in [0.29, 0.717) is 11.8 Å². The number of thioether (sulfide) groups is 2. The maximum absolute atomic E-state index is 10.1. The monoisotopic (exact) mass is 481 g/mol. The van der Waals surface area contributed by atoms with Crippen LogP contribution in [0.4, 0.5) is 0 Å². The largest absolute Gasteiger partial charge is 2.00 e. The third-order valence-electron chi connectivity index (χ3n) is 2.75. The summed E-state index contributed by atoms with van der Waals surface area (Å²) in [5.74, 6) is -1.86. The number of carboxylic acid groups (broad SMARTS) is 2. The number of carbonyl (C=O) groups excluding carboxylic acids is 2. The van der Waals surface area contributed by atoms with Gasteiger partial charge in [-0.2, -0.15) is 18.0 Å². The zero-order chi connectivity index (χ0) is 16.2. The summed E-state index contributed by atoms with van der Waals surface area (Å²) >= 11 is 2.74. The van der Waals surface area contributed by atoms with Crippen molar-refractivity contribution >= 4 is 35.5 Å². The van der Waals surface area contributed by atoms with Gasteiger partial charge in [-0.25, -0.2) is 0 Å². The van der Waals surface area contributed by atoms with Crippen molar-refractivity contribution < 1.29 is 58.8 Å². The van der Waals surface area contributed by atoms with Crippen LogP contribution < -0.4 is 10.2 Å². The minimum Gasteiger partial charge on any atom is -0.687 e. The van der Waals surface area contributed by atoms with Gasteiger partial charge in [0.2, 0.25) is 0 Å². The number of rotatable bonds is 6. The van der Waals surface area contributed by atoms with E-state index in [1.54, 1.807) is 12.3 Å². The predicted octanol–water partition coefficient (Wildman–Crippen LogP) is -3.43. The van der Waals surface area contributed by atoms with Crippen LogP contribution in [-0.2, 0) is 48.6 Å². The first-order valence-corrected chi connectivity index (χ1v) is 8.92. The Morgan fingerprint density at radius 2 is 1.59 bits per heavy atom. The van der Waals surface area contributed by atoms with E-state index in [1.807, 2.05) is 6.08 Å². The molecule has 1 fully saturated rings. The van der Waals surface area contributed by atoms with Crippen molar-refractivity contribution in [3.05, 3.63) is 33.9 Å². The number of carbonyl (C=O) groups is 2. The average Bonchev–Trinajstić information content (AvgIpc) is 2.53. The molecule has 0 spiro atoms. The summed E-state index contributed by atoms with van der Waals surface area (Å²) in [7, 11) is 0. The second-order valence-corrected chi connectivity index (χ2v) is 6.84. The summed E-state index contributed by atoms with van der Waals surface area (Å²) in [5.41, 5.74) is 0. The Hall–Kier alpha value is -0.761. The molecule has 0 atom stereocenters. The van der Waals surface area contributed by atoms with Crippen LogP contribution in [0.25, 0.3) is 10.6 Å². The third kappa shape index (κ3) is 21.4. The molecule has 12 N–H and O–H groups in total. The maximum atomic E-state index is 10.1. The molecule has 0 aromatic rings. The van der Waals surface area contributed by atoms with E-state index in [0.717, 1.165) is 30.8 Å². The van der Waals surface area contributed by atoms with Crippen molar-refractivity contribution in [2.75, 3.05) is 31.1 Å². The Labute approximate surface area is 177 Å². The van der Waals surface area contributed by atoms with Crippen molar-refractivity contribution in [3.63, 3.8) is 0 Å². The van der Waals surface area contributed by atoms with Crippen LogP contribution in [-0.4, -0.2) is 48.3 Å². The van der Waals surface area contributed by atoms with E-state index in [9.17, 15) is 19.8 Å². The standard InChI is InChI=1S/C7H12NO2S.C7H8NO2S.Cu.4H2O/c2*9-7(10)5-11-6-1-3-8-4-2-6;;;;;/h6H,1-5H2,(H,9,10);1-3H,4-5H2,(H,9,10);;4*1H2/q2*-1;+2;;;;/p+2. The van der Waals surface area contributed by atoms with Crippen LogP contribution in [0.3, 0.4) is 0 Å². The molecule has 2 aliphatic heterocycles. The SMILES string of the molecule is O=C([O-])CSC1=CC[N-]C=C1.O=C([O-])CSC1CC[N-]CC1.[Cu+2].[OH3+].[OH3+].[OH3+].[OH3+]. The first-order valence-electron chi connectivity index (χ1n) is 6.88. The second-order valence-electron chi connectivity index (χ2n) is 4.50. The molecule has 2 aliphatic rings. The molecule has 10 nitrogen and oxygen atoms in total. The topological polar surface area (TPSA) is 240 Å². The van der Waals surface area contributed by atoms with Crippen molar-refractivity contribution in [2.24, 2.45) is 0 Å². The van der Waals surface area contributed by atoms with E-state index in [2.05, 4.69) is 10.6 Å². The molecule has 0 aromatic carbocycles. The quantitative estimate of drug-likeness (QED) is 0.275. The van der Waals surface area contributed by atoms with Crippen LogP contribution in [0.15, 0.2) is 23.3 Å². The summed E-state index contributed by atoms with van der Waals surface area (Å²) in [6.45, 7) is 2.43. The predicted molar refractivity (Wildman–Crippen MR) is 106 cm³/mol. The van der Waals surface area contributed by atoms with Crippen LogP contribution in [0.5, 0.6) is 0 Å². The smallest absolute Gasteiger partial charge is 0.687 e. The Balaban J connectivity index is -0.000000101. The van der Waals surface area contributed by atoms with Crippen molar-refractivity contribution in [1.82, 2.24) is 0 Å². The number of carboxylic acids is 2. The van der Waals surface area contributed by atoms with E-state index in [1.165, 1.54) is 23.5 Å². The summed E-state index contributed by atoms with van der Waals surface area (Å²) in [5, 5.41) is 28.7. The van der Waals surface area contributed by atoms with Gasteiger partial charge in [0.25, 0.3) is 0 Å². The average molecular weight is 482 g/mol. The number of hydrogen-bond donors (Lipinski definition) is 0. The number of nitrogens with zero attached hydrogens (tertiary/aromatic N) is 2. The van der Waals surface area contributed by atoms with Crippen LogP contribution in [0.1, 0.15) is 12.8 Å². The summed E-state index contributed by atoms with van der Waals surface area (Å²) in [6, 6.07) is 0. The molecule has 1 radical (unpaired) electrons. The van der Waals surface area contributed by atoms with Gasteiger partial charge >= 0.3 is 17.1 Å². The van der Waals surface area contributed by atoms with E-state index in [4.69, 9.17) is 0 Å². The van der Waals surface area contributed by atoms with Gasteiger partial charge in [0.05, 0.1) is 11.9 Å². The molecule has 0 amide bonds. The molecule has 0 saturated carbocycles. The van der Waals surface area contributed by atoms with Crippen LogP contribution in [0, 0.1) is 0 Å².